The van der Waals surface area contributed by atoms with Crippen LogP contribution in [0.4, 0.5) is 0 Å². The average molecular weight is 545 g/mol. The van der Waals surface area contributed by atoms with Crippen LogP contribution >= 0.6 is 0 Å². The fraction of sp³-hybridized carbons (Fsp3) is 0.846. The predicted molar refractivity (Wildman–Crippen MR) is 141 cm³/mol. The summed E-state index contributed by atoms with van der Waals surface area (Å²) >= 11 is 0. The zero-order valence-electron chi connectivity index (χ0n) is 23.9. The minimum atomic E-state index is -0.910. The Labute approximate surface area is 226 Å². The van der Waals surface area contributed by atoms with Crippen molar-refractivity contribution in [3.63, 3.8) is 0 Å². The molecule has 12 nitrogen and oxygen atoms in total. The van der Waals surface area contributed by atoms with Gasteiger partial charge < -0.3 is 39.8 Å². The molecule has 0 aromatic heterocycles. The van der Waals surface area contributed by atoms with Crippen molar-refractivity contribution in [2.75, 3.05) is 65.8 Å². The Balaban J connectivity index is 2.61. The fourth-order valence-corrected chi connectivity index (χ4v) is 3.92. The summed E-state index contributed by atoms with van der Waals surface area (Å²) in [6.45, 7) is 14.8. The van der Waals surface area contributed by atoms with Crippen molar-refractivity contribution in [1.29, 1.82) is 0 Å². The van der Waals surface area contributed by atoms with Crippen LogP contribution in [0.15, 0.2) is 0 Å². The van der Waals surface area contributed by atoms with Gasteiger partial charge in [0, 0.05) is 26.4 Å². The van der Waals surface area contributed by atoms with Crippen LogP contribution in [0.25, 0.3) is 0 Å². The summed E-state index contributed by atoms with van der Waals surface area (Å²) in [6, 6.07) is -1.70. The molecule has 1 aliphatic heterocycles. The molecule has 38 heavy (non-hydrogen) atoms. The van der Waals surface area contributed by atoms with Crippen LogP contribution in [-0.4, -0.2) is 113 Å². The first-order valence-electron chi connectivity index (χ1n) is 13.5. The third-order valence-electron chi connectivity index (χ3n) is 5.80. The number of carbonyl (C=O) groups excluding carboxylic acids is 4. The number of rotatable bonds is 18. The van der Waals surface area contributed by atoms with Crippen LogP contribution in [0.5, 0.6) is 0 Å². The topological polar surface area (TPSA) is 145 Å². The number of likely N-dealkylation sites (tertiary alicyclic amines) is 1. The maximum absolute atomic E-state index is 13.6. The second kappa shape index (κ2) is 18.1. The molecule has 0 aliphatic carbocycles. The summed E-state index contributed by atoms with van der Waals surface area (Å²) in [5, 5.41) is 8.74. The van der Waals surface area contributed by atoms with Gasteiger partial charge in [-0.1, -0.05) is 34.6 Å². The van der Waals surface area contributed by atoms with E-state index < -0.39 is 41.4 Å². The van der Waals surface area contributed by atoms with Gasteiger partial charge in [0.25, 0.3) is 0 Å². The molecular weight excluding hydrogens is 496 g/mol. The van der Waals surface area contributed by atoms with Crippen LogP contribution in [0.2, 0.25) is 0 Å². The molecule has 0 aromatic rings. The number of nitrogens with one attached hydrogen (secondary N) is 3. The number of esters is 1. The number of hydrogen-bond acceptors (Lipinski definition) is 9. The predicted octanol–water partition coefficient (Wildman–Crippen LogP) is 0.235. The molecule has 0 aromatic carbocycles. The lowest BCUT2D eigenvalue weighted by Crippen LogP contribution is -2.58. The van der Waals surface area contributed by atoms with E-state index >= 15 is 0 Å². The summed E-state index contributed by atoms with van der Waals surface area (Å²) in [4.78, 5) is 51.9. The van der Waals surface area contributed by atoms with E-state index in [2.05, 4.69) is 16.0 Å². The van der Waals surface area contributed by atoms with E-state index in [9.17, 15) is 19.2 Å². The third kappa shape index (κ3) is 13.0. The van der Waals surface area contributed by atoms with Gasteiger partial charge in [0.05, 0.1) is 39.6 Å². The van der Waals surface area contributed by atoms with Crippen LogP contribution in [-0.2, 0) is 38.1 Å². The van der Waals surface area contributed by atoms with Crippen LogP contribution in [0.1, 0.15) is 54.4 Å². The van der Waals surface area contributed by atoms with Crippen molar-refractivity contribution >= 4 is 23.7 Å². The highest BCUT2D eigenvalue weighted by atomic mass is 16.5. The van der Waals surface area contributed by atoms with Gasteiger partial charge in [-0.25, -0.2) is 0 Å². The lowest BCUT2D eigenvalue weighted by molar-refractivity contribution is -0.147. The molecule has 3 unspecified atom stereocenters. The zero-order chi connectivity index (χ0) is 28.6. The third-order valence-corrected chi connectivity index (χ3v) is 5.80. The minimum Gasteiger partial charge on any atom is -0.461 e. The zero-order valence-corrected chi connectivity index (χ0v) is 23.9. The second-order valence-electron chi connectivity index (χ2n) is 10.3. The van der Waals surface area contributed by atoms with Crippen molar-refractivity contribution in [2.24, 2.45) is 5.41 Å². The minimum absolute atomic E-state index is 0.0811. The quantitative estimate of drug-likeness (QED) is 0.163. The van der Waals surface area contributed by atoms with Crippen LogP contribution in [0.3, 0.4) is 0 Å². The Bertz CT molecular complexity index is 743. The molecule has 1 saturated heterocycles. The molecule has 1 heterocycles. The molecule has 1 aliphatic rings. The van der Waals surface area contributed by atoms with E-state index in [-0.39, 0.29) is 32.1 Å². The van der Waals surface area contributed by atoms with Crippen molar-refractivity contribution in [3.8, 4) is 0 Å². The molecule has 0 saturated carbocycles. The van der Waals surface area contributed by atoms with E-state index in [0.717, 1.165) is 19.5 Å². The number of nitrogens with zero attached hydrogens (tertiary/aromatic N) is 1. The number of amides is 3. The van der Waals surface area contributed by atoms with E-state index in [1.54, 1.807) is 0 Å². The Morgan fingerprint density at radius 3 is 2.16 bits per heavy atom. The Morgan fingerprint density at radius 1 is 0.947 bits per heavy atom. The van der Waals surface area contributed by atoms with Crippen molar-refractivity contribution < 1.29 is 38.1 Å². The molecular formula is C26H48N4O8. The van der Waals surface area contributed by atoms with Crippen molar-refractivity contribution in [2.45, 2.75) is 72.6 Å². The molecule has 220 valence electrons. The molecule has 3 atom stereocenters. The van der Waals surface area contributed by atoms with Gasteiger partial charge in [-0.05, 0) is 18.4 Å². The molecule has 3 N–H and O–H groups in total. The van der Waals surface area contributed by atoms with Gasteiger partial charge in [-0.3, -0.25) is 19.2 Å². The van der Waals surface area contributed by atoms with Crippen molar-refractivity contribution in [3.05, 3.63) is 0 Å². The molecule has 1 fully saturated rings. The van der Waals surface area contributed by atoms with Gasteiger partial charge in [-0.2, -0.15) is 0 Å². The Kier molecular flexibility index (Phi) is 16.1. The number of hydrogen-bond donors (Lipinski definition) is 3. The molecule has 3 amide bonds. The maximum atomic E-state index is 13.6. The van der Waals surface area contributed by atoms with Gasteiger partial charge in [0.2, 0.25) is 17.7 Å². The summed E-state index contributed by atoms with van der Waals surface area (Å²) in [5.41, 5.74) is -0.646. The highest BCUT2D eigenvalue weighted by molar-refractivity contribution is 5.93. The van der Waals surface area contributed by atoms with E-state index in [4.69, 9.17) is 18.9 Å². The highest BCUT2D eigenvalue weighted by Crippen LogP contribution is 2.27. The molecule has 0 radical (unpaired) electrons. The normalized spacial score (nSPS) is 18.2. The van der Waals surface area contributed by atoms with E-state index in [1.165, 1.54) is 11.8 Å². The first-order chi connectivity index (χ1) is 18.0. The van der Waals surface area contributed by atoms with Crippen LogP contribution in [0, 0.1) is 5.41 Å². The van der Waals surface area contributed by atoms with E-state index in [1.807, 2.05) is 34.6 Å². The highest BCUT2D eigenvalue weighted by Gasteiger charge is 2.45. The summed E-state index contributed by atoms with van der Waals surface area (Å²) in [6.07, 6.45) is 0.359. The largest absolute Gasteiger partial charge is 0.461 e. The number of carbonyl (C=O) groups is 4. The molecule has 0 spiro atoms. The average Bonchev–Trinajstić information content (AvgIpc) is 3.26. The van der Waals surface area contributed by atoms with Crippen LogP contribution < -0.4 is 16.0 Å². The van der Waals surface area contributed by atoms with Crippen molar-refractivity contribution in [1.82, 2.24) is 20.9 Å². The SMILES string of the molecule is CCCNC(=O)C1CC(OC(C)=O)CN1C(=O)C(NC(=O)COCCOCCOCCNCC)C(C)(C)C. The Morgan fingerprint density at radius 2 is 1.58 bits per heavy atom. The summed E-state index contributed by atoms with van der Waals surface area (Å²) < 4.78 is 21.5. The number of likely N-dealkylation sites (N-methyl/N-ethyl adjacent to an activating group) is 1. The lowest BCUT2D eigenvalue weighted by Gasteiger charge is -2.35. The van der Waals surface area contributed by atoms with Gasteiger partial charge in [0.15, 0.2) is 0 Å². The first-order valence-corrected chi connectivity index (χ1v) is 13.5. The standard InChI is InChI=1S/C26H48N4O8/c1-7-9-28-24(33)21-16-20(38-19(3)31)17-30(21)25(34)23(26(4,5)6)29-22(32)18-37-15-14-36-13-12-35-11-10-27-8-2/h20-21,23,27H,7-18H2,1-6H3,(H,28,33)(H,29,32). The molecule has 1 rings (SSSR count). The molecule has 0 bridgehead atoms. The fourth-order valence-electron chi connectivity index (χ4n) is 3.92. The second-order valence-corrected chi connectivity index (χ2v) is 10.3. The molecule has 12 heteroatoms. The number of ether oxygens (including phenoxy) is 4. The lowest BCUT2D eigenvalue weighted by atomic mass is 9.85. The summed E-state index contributed by atoms with van der Waals surface area (Å²) in [5.74, 6) is -1.64. The van der Waals surface area contributed by atoms with Gasteiger partial charge in [0.1, 0.15) is 24.8 Å². The smallest absolute Gasteiger partial charge is 0.302 e. The van der Waals surface area contributed by atoms with Gasteiger partial charge >= 0.3 is 5.97 Å². The monoisotopic (exact) mass is 544 g/mol. The Hall–Kier alpha value is -2.28. The van der Waals surface area contributed by atoms with Gasteiger partial charge in [-0.15, -0.1) is 0 Å². The maximum Gasteiger partial charge on any atom is 0.302 e. The van der Waals surface area contributed by atoms with E-state index in [0.29, 0.717) is 33.0 Å². The summed E-state index contributed by atoms with van der Waals surface area (Å²) in [7, 11) is 0. The first kappa shape index (κ1) is 33.7.